The zero-order valence-corrected chi connectivity index (χ0v) is 23.4. The summed E-state index contributed by atoms with van der Waals surface area (Å²) in [6, 6.07) is 21.3. The summed E-state index contributed by atoms with van der Waals surface area (Å²) >= 11 is 1.15. The summed E-state index contributed by atoms with van der Waals surface area (Å²) in [5.41, 5.74) is 2.90. The van der Waals surface area contributed by atoms with E-state index < -0.39 is 6.04 Å². The third-order valence-corrected chi connectivity index (χ3v) is 7.49. The highest BCUT2D eigenvalue weighted by Gasteiger charge is 2.41. The van der Waals surface area contributed by atoms with Crippen LogP contribution in [0.25, 0.3) is 0 Å². The van der Waals surface area contributed by atoms with Crippen molar-refractivity contribution >= 4 is 51.9 Å². The lowest BCUT2D eigenvalue weighted by atomic mass is 10.1. The van der Waals surface area contributed by atoms with E-state index in [1.807, 2.05) is 54.6 Å². The minimum Gasteiger partial charge on any atom is -0.497 e. The number of amidine groups is 2. The SMILES string of the molecule is COc1ccc(CNC(=O)CC[C@@H]2N=C3c4ccccc4N=C(SCC(=O)Nc4ccccc4OC)N3C2=O)cc1. The number of amides is 3. The van der Waals surface area contributed by atoms with Gasteiger partial charge in [0.15, 0.2) is 5.17 Å². The van der Waals surface area contributed by atoms with Gasteiger partial charge < -0.3 is 20.1 Å². The molecule has 0 saturated heterocycles. The van der Waals surface area contributed by atoms with Gasteiger partial charge in [-0.05, 0) is 48.4 Å². The van der Waals surface area contributed by atoms with Crippen LogP contribution in [0.1, 0.15) is 24.0 Å². The van der Waals surface area contributed by atoms with Crippen LogP contribution in [0.2, 0.25) is 0 Å². The Labute approximate surface area is 241 Å². The molecule has 1 atom stereocenters. The van der Waals surface area contributed by atoms with Crippen LogP contribution in [-0.4, -0.2) is 59.6 Å². The summed E-state index contributed by atoms with van der Waals surface area (Å²) < 4.78 is 10.5. The molecule has 0 aromatic heterocycles. The molecule has 2 aliphatic rings. The number of hydrogen-bond acceptors (Lipinski definition) is 8. The molecule has 10 nitrogen and oxygen atoms in total. The van der Waals surface area contributed by atoms with Crippen molar-refractivity contribution < 1.29 is 23.9 Å². The number of nitrogens with zero attached hydrogens (tertiary/aromatic N) is 3. The van der Waals surface area contributed by atoms with Crippen LogP contribution in [0.3, 0.4) is 0 Å². The first-order chi connectivity index (χ1) is 20.0. The highest BCUT2D eigenvalue weighted by Crippen LogP contribution is 2.34. The maximum atomic E-state index is 13.5. The van der Waals surface area contributed by atoms with Gasteiger partial charge in [0.2, 0.25) is 11.8 Å². The van der Waals surface area contributed by atoms with Gasteiger partial charge >= 0.3 is 0 Å². The van der Waals surface area contributed by atoms with Gasteiger partial charge in [-0.1, -0.05) is 48.2 Å². The van der Waals surface area contributed by atoms with Crippen molar-refractivity contribution in [3.05, 3.63) is 83.9 Å². The van der Waals surface area contributed by atoms with E-state index in [9.17, 15) is 14.4 Å². The molecule has 0 radical (unpaired) electrons. The Bertz CT molecular complexity index is 1520. The van der Waals surface area contributed by atoms with Crippen molar-refractivity contribution in [1.82, 2.24) is 10.2 Å². The molecule has 2 heterocycles. The summed E-state index contributed by atoms with van der Waals surface area (Å²) in [5, 5.41) is 6.10. The van der Waals surface area contributed by atoms with Crippen LogP contribution < -0.4 is 20.1 Å². The maximum absolute atomic E-state index is 13.5. The zero-order chi connectivity index (χ0) is 28.8. The second-order valence-electron chi connectivity index (χ2n) is 9.25. The van der Waals surface area contributed by atoms with Gasteiger partial charge in [0.25, 0.3) is 5.91 Å². The first-order valence-electron chi connectivity index (χ1n) is 13.0. The normalized spacial score (nSPS) is 15.3. The molecule has 5 rings (SSSR count). The van der Waals surface area contributed by atoms with E-state index >= 15 is 0 Å². The number of hydrogen-bond donors (Lipinski definition) is 2. The number of anilines is 1. The Morgan fingerprint density at radius 1 is 0.951 bits per heavy atom. The summed E-state index contributed by atoms with van der Waals surface area (Å²) in [6.07, 6.45) is 0.390. The Hall–Kier alpha value is -4.64. The van der Waals surface area contributed by atoms with Gasteiger partial charge in [0.1, 0.15) is 23.4 Å². The van der Waals surface area contributed by atoms with E-state index in [1.165, 1.54) is 12.0 Å². The largest absolute Gasteiger partial charge is 0.497 e. The number of thioether (sulfide) groups is 1. The van der Waals surface area contributed by atoms with Gasteiger partial charge in [-0.15, -0.1) is 0 Å². The first kappa shape index (κ1) is 27.9. The molecule has 2 N–H and O–H groups in total. The lowest BCUT2D eigenvalue weighted by Gasteiger charge is -2.25. The van der Waals surface area contributed by atoms with Crippen LogP contribution in [0, 0.1) is 0 Å². The van der Waals surface area contributed by atoms with E-state index in [0.717, 1.165) is 28.6 Å². The standard InChI is InChI=1S/C30H29N5O5S/c1-39-20-13-11-19(12-14-20)17-31-26(36)16-15-24-29(38)35-28(33-24)21-7-3-4-8-22(21)34-30(35)41-18-27(37)32-23-9-5-6-10-25(23)40-2/h3-14,24H,15-18H2,1-2H3,(H,31,36)(H,32,37)/t24-/m0/s1. The number of carbonyl (C=O) groups excluding carboxylic acids is 3. The first-order valence-corrected chi connectivity index (χ1v) is 14.0. The van der Waals surface area contributed by atoms with Gasteiger partial charge in [-0.3, -0.25) is 19.4 Å². The van der Waals surface area contributed by atoms with Crippen LogP contribution in [0.5, 0.6) is 11.5 Å². The highest BCUT2D eigenvalue weighted by molar-refractivity contribution is 8.14. The van der Waals surface area contributed by atoms with E-state index in [-0.39, 0.29) is 36.3 Å². The van der Waals surface area contributed by atoms with Crippen LogP contribution in [0.4, 0.5) is 11.4 Å². The Balaban J connectivity index is 1.22. The van der Waals surface area contributed by atoms with Crippen molar-refractivity contribution in [2.45, 2.75) is 25.4 Å². The maximum Gasteiger partial charge on any atom is 0.259 e. The van der Waals surface area contributed by atoms with Crippen LogP contribution in [-0.2, 0) is 20.9 Å². The Morgan fingerprint density at radius 3 is 2.49 bits per heavy atom. The van der Waals surface area contributed by atoms with Crippen LogP contribution in [0.15, 0.2) is 82.8 Å². The van der Waals surface area contributed by atoms with Gasteiger partial charge in [-0.25, -0.2) is 9.89 Å². The van der Waals surface area contributed by atoms with E-state index in [2.05, 4.69) is 15.6 Å². The Kier molecular flexibility index (Phi) is 8.64. The van der Waals surface area contributed by atoms with Gasteiger partial charge in [0, 0.05) is 18.5 Å². The fourth-order valence-electron chi connectivity index (χ4n) is 4.45. The van der Waals surface area contributed by atoms with Crippen molar-refractivity contribution in [3.63, 3.8) is 0 Å². The molecule has 3 amide bonds. The summed E-state index contributed by atoms with van der Waals surface area (Å²) in [6.45, 7) is 0.375. The molecule has 0 unspecified atom stereocenters. The quantitative estimate of drug-likeness (QED) is 0.378. The number of benzene rings is 3. The molecule has 210 valence electrons. The molecule has 0 saturated carbocycles. The van der Waals surface area contributed by atoms with Crippen LogP contribution >= 0.6 is 11.8 Å². The molecule has 0 aliphatic carbocycles. The molecule has 11 heteroatoms. The number of ether oxygens (including phenoxy) is 2. The predicted octanol–water partition coefficient (Wildman–Crippen LogP) is 4.13. The van der Waals surface area contributed by atoms with Gasteiger partial charge in [-0.2, -0.15) is 0 Å². The lowest BCUT2D eigenvalue weighted by Crippen LogP contribution is -2.41. The Morgan fingerprint density at radius 2 is 1.71 bits per heavy atom. The van der Waals surface area contributed by atoms with E-state index in [4.69, 9.17) is 14.5 Å². The molecule has 0 bridgehead atoms. The zero-order valence-electron chi connectivity index (χ0n) is 22.6. The second-order valence-corrected chi connectivity index (χ2v) is 10.2. The van der Waals surface area contributed by atoms with Gasteiger partial charge in [0.05, 0.1) is 31.3 Å². The lowest BCUT2D eigenvalue weighted by molar-refractivity contribution is -0.125. The molecule has 0 spiro atoms. The molecule has 41 heavy (non-hydrogen) atoms. The monoisotopic (exact) mass is 571 g/mol. The second kappa shape index (κ2) is 12.7. The number of nitrogens with one attached hydrogen (secondary N) is 2. The number of aliphatic imine (C=N–C) groups is 2. The average molecular weight is 572 g/mol. The number of methoxy groups -OCH3 is 2. The molecule has 3 aromatic carbocycles. The van der Waals surface area contributed by atoms with Crippen molar-refractivity contribution in [2.75, 3.05) is 25.3 Å². The summed E-state index contributed by atoms with van der Waals surface area (Å²) in [7, 11) is 3.14. The third kappa shape index (κ3) is 6.41. The molecular weight excluding hydrogens is 542 g/mol. The fourth-order valence-corrected chi connectivity index (χ4v) is 5.25. The highest BCUT2D eigenvalue weighted by atomic mass is 32.2. The number of para-hydroxylation sites is 3. The molecule has 2 aliphatic heterocycles. The number of fused-ring (bicyclic) bond motifs is 3. The average Bonchev–Trinajstić information content (AvgIpc) is 3.34. The fraction of sp³-hybridized carbons (Fsp3) is 0.233. The topological polar surface area (TPSA) is 122 Å². The minimum atomic E-state index is -0.726. The van der Waals surface area contributed by atoms with Crippen molar-refractivity contribution in [2.24, 2.45) is 9.98 Å². The molecule has 0 fully saturated rings. The van der Waals surface area contributed by atoms with Crippen molar-refractivity contribution in [1.29, 1.82) is 0 Å². The minimum absolute atomic E-state index is 0.0224. The molecule has 3 aromatic rings. The smallest absolute Gasteiger partial charge is 0.259 e. The van der Waals surface area contributed by atoms with E-state index in [0.29, 0.717) is 34.7 Å². The summed E-state index contributed by atoms with van der Waals surface area (Å²) in [4.78, 5) is 49.6. The summed E-state index contributed by atoms with van der Waals surface area (Å²) in [5.74, 6) is 1.09. The number of rotatable bonds is 10. The molecular formula is C30H29N5O5S. The van der Waals surface area contributed by atoms with E-state index in [1.54, 1.807) is 25.3 Å². The number of carbonyl (C=O) groups is 3. The van der Waals surface area contributed by atoms with Crippen molar-refractivity contribution in [3.8, 4) is 11.5 Å². The third-order valence-electron chi connectivity index (χ3n) is 6.55. The predicted molar refractivity (Wildman–Crippen MR) is 159 cm³/mol.